The van der Waals surface area contributed by atoms with E-state index in [0.29, 0.717) is 37.3 Å². The Balaban J connectivity index is 0.991. The highest BCUT2D eigenvalue weighted by atomic mass is 16.5. The van der Waals surface area contributed by atoms with E-state index in [1.165, 1.54) is 116 Å². The molecule has 5 aliphatic rings. The third-order valence-corrected chi connectivity index (χ3v) is 11.5. The first kappa shape index (κ1) is 31.7. The Hall–Kier alpha value is -0.690. The zero-order chi connectivity index (χ0) is 28.3. The summed E-state index contributed by atoms with van der Waals surface area (Å²) in [5.41, 5.74) is 0. The van der Waals surface area contributed by atoms with Crippen LogP contribution in [0.1, 0.15) is 135 Å². The highest BCUT2D eigenvalue weighted by Crippen LogP contribution is 2.33. The second-order valence-electron chi connectivity index (χ2n) is 14.8. The van der Waals surface area contributed by atoms with E-state index in [1.807, 2.05) is 0 Å². The summed E-state index contributed by atoms with van der Waals surface area (Å²) in [7, 11) is 0. The van der Waals surface area contributed by atoms with Crippen molar-refractivity contribution in [3.8, 4) is 0 Å². The van der Waals surface area contributed by atoms with E-state index in [0.717, 1.165) is 50.7 Å². The van der Waals surface area contributed by atoms with Crippen LogP contribution in [0.4, 0.5) is 0 Å². The largest absolute Gasteiger partial charge is 0.389 e. The number of aliphatic hydroxyl groups is 1. The minimum absolute atomic E-state index is 0.0784. The summed E-state index contributed by atoms with van der Waals surface area (Å²) in [5, 5.41) is 17.9. The summed E-state index contributed by atoms with van der Waals surface area (Å²) in [5.74, 6) is 2.80. The van der Waals surface area contributed by atoms with Gasteiger partial charge in [-0.2, -0.15) is 0 Å². The normalized spacial score (nSPS) is 29.7. The summed E-state index contributed by atoms with van der Waals surface area (Å²) >= 11 is 0. The van der Waals surface area contributed by atoms with Crippen molar-refractivity contribution >= 4 is 5.91 Å². The van der Waals surface area contributed by atoms with Gasteiger partial charge in [0.25, 0.3) is 0 Å². The molecule has 0 aromatic rings. The van der Waals surface area contributed by atoms with Crippen LogP contribution >= 0.6 is 0 Å². The van der Waals surface area contributed by atoms with Gasteiger partial charge in [0, 0.05) is 37.6 Å². The molecule has 3 saturated carbocycles. The maximum absolute atomic E-state index is 13.2. The predicted molar refractivity (Wildman–Crippen MR) is 167 cm³/mol. The number of carbonyl (C=O) groups excluding carboxylic acids is 1. The first-order chi connectivity index (χ1) is 20.1. The van der Waals surface area contributed by atoms with Gasteiger partial charge in [0.15, 0.2) is 0 Å². The fourth-order valence-electron chi connectivity index (χ4n) is 9.03. The van der Waals surface area contributed by atoms with Crippen molar-refractivity contribution in [1.29, 1.82) is 0 Å². The molecule has 5 fully saturated rings. The van der Waals surface area contributed by atoms with Crippen LogP contribution in [0.3, 0.4) is 0 Å². The molecule has 3 unspecified atom stereocenters. The Kier molecular flexibility index (Phi) is 13.1. The molecule has 6 nitrogen and oxygen atoms in total. The average Bonchev–Trinajstić information content (AvgIpc) is 2.98. The minimum atomic E-state index is -0.469. The molecular weight excluding hydrogens is 510 g/mol. The maximum atomic E-state index is 13.2. The number of rotatable bonds is 15. The number of carbonyl (C=O) groups is 1. The lowest BCUT2D eigenvalue weighted by Gasteiger charge is -2.42. The molecule has 41 heavy (non-hydrogen) atoms. The Morgan fingerprint density at radius 3 is 2.15 bits per heavy atom. The van der Waals surface area contributed by atoms with E-state index in [-0.39, 0.29) is 11.8 Å². The Morgan fingerprint density at radius 2 is 1.49 bits per heavy atom. The molecule has 3 N–H and O–H groups in total. The van der Waals surface area contributed by atoms with Crippen molar-refractivity contribution < 1.29 is 14.6 Å². The molecule has 6 heteroatoms. The molecular formula is C35H63N3O3. The number of piperidine rings is 1. The number of hydrogen-bond acceptors (Lipinski definition) is 5. The summed E-state index contributed by atoms with van der Waals surface area (Å²) in [6, 6.07) is 0.953. The van der Waals surface area contributed by atoms with Crippen molar-refractivity contribution in [3.05, 3.63) is 0 Å². The smallest absolute Gasteiger partial charge is 0.225 e. The fraction of sp³-hybridized carbons (Fsp3) is 0.971. The third kappa shape index (κ3) is 10.2. The molecule has 0 spiro atoms. The van der Waals surface area contributed by atoms with E-state index >= 15 is 0 Å². The third-order valence-electron chi connectivity index (χ3n) is 11.5. The summed E-state index contributed by atoms with van der Waals surface area (Å²) in [6.45, 7) is 3.73. The molecule has 2 heterocycles. The van der Waals surface area contributed by atoms with Crippen LogP contribution in [0.2, 0.25) is 0 Å². The van der Waals surface area contributed by atoms with E-state index < -0.39 is 6.10 Å². The molecule has 0 aromatic carbocycles. The topological polar surface area (TPSA) is 73.8 Å². The van der Waals surface area contributed by atoms with E-state index in [4.69, 9.17) is 4.74 Å². The Morgan fingerprint density at radius 1 is 0.829 bits per heavy atom. The van der Waals surface area contributed by atoms with Gasteiger partial charge in [-0.25, -0.2) is 0 Å². The molecule has 2 aliphatic heterocycles. The maximum Gasteiger partial charge on any atom is 0.225 e. The second kappa shape index (κ2) is 17.0. The first-order valence-corrected chi connectivity index (χ1v) is 18.2. The zero-order valence-corrected chi connectivity index (χ0v) is 26.2. The predicted octanol–water partition coefficient (Wildman–Crippen LogP) is 6.20. The molecule has 0 aromatic heterocycles. The number of likely N-dealkylation sites (tertiary alicyclic amines) is 1. The molecule has 4 atom stereocenters. The van der Waals surface area contributed by atoms with Gasteiger partial charge in [-0.1, -0.05) is 89.9 Å². The van der Waals surface area contributed by atoms with Gasteiger partial charge in [-0.15, -0.1) is 0 Å². The van der Waals surface area contributed by atoms with Crippen LogP contribution in [0, 0.1) is 23.7 Å². The van der Waals surface area contributed by atoms with Crippen molar-refractivity contribution in [2.75, 3.05) is 32.8 Å². The lowest BCUT2D eigenvalue weighted by molar-refractivity contribution is -0.132. The number of aliphatic hydroxyl groups excluding tert-OH is 1. The zero-order valence-electron chi connectivity index (χ0n) is 26.2. The van der Waals surface area contributed by atoms with Gasteiger partial charge in [-0.05, 0) is 63.3 Å². The van der Waals surface area contributed by atoms with Gasteiger partial charge in [0.2, 0.25) is 5.91 Å². The first-order valence-electron chi connectivity index (χ1n) is 18.2. The Bertz CT molecular complexity index is 721. The van der Waals surface area contributed by atoms with E-state index in [1.54, 1.807) is 0 Å². The number of hydrogen-bond donors (Lipinski definition) is 3. The summed E-state index contributed by atoms with van der Waals surface area (Å²) in [6.07, 6.45) is 27.7. The highest BCUT2D eigenvalue weighted by molar-refractivity contribution is 5.80. The number of β-amino-alcohol motifs (C(OH)–C–C–N with tert-alkyl or cyclic N) is 1. The van der Waals surface area contributed by atoms with Crippen molar-refractivity contribution in [2.45, 2.75) is 159 Å². The van der Waals surface area contributed by atoms with E-state index in [2.05, 4.69) is 15.5 Å². The highest BCUT2D eigenvalue weighted by Gasteiger charge is 2.37. The number of amides is 1. The van der Waals surface area contributed by atoms with Crippen LogP contribution in [-0.2, 0) is 9.53 Å². The SMILES string of the molecule is O=C(NC(CCCC1CCCCC1)CCCC1CCCCC1)C1CN(C[C@H](O)COC2CCCC3NCCCC32)C1. The number of ether oxygens (including phenoxy) is 1. The average molecular weight is 574 g/mol. The molecule has 2 saturated heterocycles. The molecule has 0 bridgehead atoms. The van der Waals surface area contributed by atoms with Gasteiger partial charge in [0.05, 0.1) is 24.7 Å². The molecule has 1 amide bonds. The number of fused-ring (bicyclic) bond motifs is 1. The van der Waals surface area contributed by atoms with Crippen molar-refractivity contribution in [2.24, 2.45) is 23.7 Å². The number of nitrogens with one attached hydrogen (secondary N) is 2. The quantitative estimate of drug-likeness (QED) is 0.217. The minimum Gasteiger partial charge on any atom is -0.389 e. The standard InChI is InChI=1S/C35H63N3O3/c39-31(26-41-34-21-9-20-33-32(34)19-10-22-36-33)25-38-23-29(24-38)35(40)37-30(17-7-15-27-11-3-1-4-12-27)18-8-16-28-13-5-2-6-14-28/h27-34,36,39H,1-26H2,(H,37,40)/t31-,32?,33?,34?/m0/s1. The molecule has 0 radical (unpaired) electrons. The molecule has 5 rings (SSSR count). The monoisotopic (exact) mass is 573 g/mol. The van der Waals surface area contributed by atoms with Crippen molar-refractivity contribution in [3.63, 3.8) is 0 Å². The fourth-order valence-corrected chi connectivity index (χ4v) is 9.03. The van der Waals surface area contributed by atoms with Gasteiger partial charge < -0.3 is 20.5 Å². The van der Waals surface area contributed by atoms with Gasteiger partial charge >= 0.3 is 0 Å². The molecule has 236 valence electrons. The lowest BCUT2D eigenvalue weighted by atomic mass is 9.77. The molecule has 3 aliphatic carbocycles. The Labute approximate surface area is 251 Å². The van der Waals surface area contributed by atoms with Crippen LogP contribution < -0.4 is 10.6 Å². The lowest BCUT2D eigenvalue weighted by Crippen LogP contribution is -2.57. The van der Waals surface area contributed by atoms with Crippen LogP contribution in [0.15, 0.2) is 0 Å². The van der Waals surface area contributed by atoms with Crippen LogP contribution in [-0.4, -0.2) is 73.0 Å². The van der Waals surface area contributed by atoms with Gasteiger partial charge in [-0.3, -0.25) is 9.69 Å². The summed E-state index contributed by atoms with van der Waals surface area (Å²) in [4.78, 5) is 15.5. The number of nitrogens with zero attached hydrogens (tertiary/aromatic N) is 1. The van der Waals surface area contributed by atoms with Crippen LogP contribution in [0.5, 0.6) is 0 Å². The van der Waals surface area contributed by atoms with Gasteiger partial charge in [0.1, 0.15) is 0 Å². The van der Waals surface area contributed by atoms with Crippen molar-refractivity contribution in [1.82, 2.24) is 15.5 Å². The van der Waals surface area contributed by atoms with Crippen LogP contribution in [0.25, 0.3) is 0 Å². The second-order valence-corrected chi connectivity index (χ2v) is 14.8. The summed E-state index contributed by atoms with van der Waals surface area (Å²) < 4.78 is 6.28. The van der Waals surface area contributed by atoms with E-state index in [9.17, 15) is 9.90 Å².